The van der Waals surface area contributed by atoms with E-state index in [0.717, 1.165) is 15.8 Å². The number of carboxylic acid groups (broad SMARTS) is 1. The molecule has 1 aromatic heterocycles. The molecule has 1 saturated heterocycles. The van der Waals surface area contributed by atoms with E-state index in [2.05, 4.69) is 21.4 Å². The summed E-state index contributed by atoms with van der Waals surface area (Å²) in [6, 6.07) is 17.4. The van der Waals surface area contributed by atoms with Crippen molar-refractivity contribution in [2.75, 3.05) is 5.01 Å². The van der Waals surface area contributed by atoms with E-state index in [1.165, 1.54) is 17.1 Å². The Labute approximate surface area is 175 Å². The summed E-state index contributed by atoms with van der Waals surface area (Å²) in [6.07, 6.45) is 1.73. The summed E-state index contributed by atoms with van der Waals surface area (Å²) in [5.74, 6) is 0.0901. The number of amides is 1. The Morgan fingerprint density at radius 1 is 1.10 bits per heavy atom. The average molecular weight is 453 g/mol. The van der Waals surface area contributed by atoms with Crippen molar-refractivity contribution in [1.29, 1.82) is 0 Å². The number of hydrazine groups is 1. The first-order valence-corrected chi connectivity index (χ1v) is 9.73. The highest BCUT2D eigenvalue weighted by molar-refractivity contribution is 9.10. The molecular weight excluding hydrogens is 436 g/mol. The Morgan fingerprint density at radius 3 is 2.45 bits per heavy atom. The van der Waals surface area contributed by atoms with Crippen molar-refractivity contribution in [3.05, 3.63) is 82.0 Å². The van der Waals surface area contributed by atoms with Crippen molar-refractivity contribution in [3.8, 4) is 11.3 Å². The number of nitrogens with one attached hydrogen (secondary N) is 1. The van der Waals surface area contributed by atoms with Crippen LogP contribution in [0.4, 0.5) is 5.69 Å². The van der Waals surface area contributed by atoms with Gasteiger partial charge in [0.2, 0.25) is 0 Å². The lowest BCUT2D eigenvalue weighted by Crippen LogP contribution is -2.36. The molecule has 4 rings (SSSR count). The van der Waals surface area contributed by atoms with Gasteiger partial charge in [0.1, 0.15) is 11.5 Å². The van der Waals surface area contributed by atoms with E-state index in [-0.39, 0.29) is 17.5 Å². The number of carbonyl (C=O) groups excluding carboxylic acids is 1. The lowest BCUT2D eigenvalue weighted by molar-refractivity contribution is -0.114. The molecule has 146 valence electrons. The molecule has 1 aliphatic heterocycles. The van der Waals surface area contributed by atoms with Gasteiger partial charge in [0.15, 0.2) is 0 Å². The quantitative estimate of drug-likeness (QED) is 0.559. The summed E-state index contributed by atoms with van der Waals surface area (Å²) < 4.78 is 6.88. The molecule has 0 bridgehead atoms. The minimum Gasteiger partial charge on any atom is -0.478 e. The Hall–Kier alpha value is -3.16. The molecule has 1 unspecified atom stereocenters. The van der Waals surface area contributed by atoms with E-state index in [0.29, 0.717) is 17.0 Å². The highest BCUT2D eigenvalue weighted by atomic mass is 79.9. The molecule has 3 aromatic rings. The topological polar surface area (TPSA) is 82.8 Å². The lowest BCUT2D eigenvalue weighted by Gasteiger charge is -2.16. The number of carbonyl (C=O) groups is 2. The minimum atomic E-state index is -1.01. The van der Waals surface area contributed by atoms with Gasteiger partial charge in [-0.1, -0.05) is 28.1 Å². The number of rotatable bonds is 4. The number of hydrogen-bond acceptors (Lipinski definition) is 4. The number of anilines is 1. The van der Waals surface area contributed by atoms with Gasteiger partial charge in [0.05, 0.1) is 17.3 Å². The molecule has 29 heavy (non-hydrogen) atoms. The van der Waals surface area contributed by atoms with Crippen molar-refractivity contribution in [1.82, 2.24) is 5.43 Å². The fourth-order valence-electron chi connectivity index (χ4n) is 3.12. The molecule has 7 heteroatoms. The predicted octanol–water partition coefficient (Wildman–Crippen LogP) is 4.73. The second-order valence-electron chi connectivity index (χ2n) is 6.65. The molecule has 0 aliphatic carbocycles. The third kappa shape index (κ3) is 3.87. The van der Waals surface area contributed by atoms with Crippen molar-refractivity contribution >= 4 is 39.6 Å². The van der Waals surface area contributed by atoms with Gasteiger partial charge in [-0.3, -0.25) is 4.79 Å². The van der Waals surface area contributed by atoms with Gasteiger partial charge in [-0.25, -0.2) is 15.2 Å². The number of aromatic carboxylic acids is 1. The number of hydrogen-bond donors (Lipinski definition) is 2. The summed E-state index contributed by atoms with van der Waals surface area (Å²) in [7, 11) is 0. The molecule has 1 aliphatic rings. The zero-order valence-electron chi connectivity index (χ0n) is 15.4. The highest BCUT2D eigenvalue weighted by Crippen LogP contribution is 2.28. The van der Waals surface area contributed by atoms with Crippen LogP contribution in [0.3, 0.4) is 0 Å². The molecule has 0 radical (unpaired) electrons. The van der Waals surface area contributed by atoms with Gasteiger partial charge in [0, 0.05) is 15.6 Å². The number of carboxylic acids is 1. The van der Waals surface area contributed by atoms with Crippen LogP contribution in [0.1, 0.15) is 23.0 Å². The molecule has 1 fully saturated rings. The van der Waals surface area contributed by atoms with Gasteiger partial charge in [-0.15, -0.1) is 0 Å². The van der Waals surface area contributed by atoms with Gasteiger partial charge in [-0.05, 0) is 61.5 Å². The maximum Gasteiger partial charge on any atom is 0.335 e. The fourth-order valence-corrected chi connectivity index (χ4v) is 3.39. The maximum absolute atomic E-state index is 12.9. The second-order valence-corrected chi connectivity index (χ2v) is 7.57. The Balaban J connectivity index is 1.57. The van der Waals surface area contributed by atoms with E-state index >= 15 is 0 Å². The molecule has 6 nitrogen and oxygen atoms in total. The van der Waals surface area contributed by atoms with Crippen LogP contribution in [0.15, 0.2) is 75.1 Å². The van der Waals surface area contributed by atoms with Crippen LogP contribution in [0.5, 0.6) is 0 Å². The molecule has 2 N–H and O–H groups in total. The molecule has 0 saturated carbocycles. The summed E-state index contributed by atoms with van der Waals surface area (Å²) >= 11 is 3.41. The summed E-state index contributed by atoms with van der Waals surface area (Å²) in [5.41, 5.74) is 5.35. The first-order chi connectivity index (χ1) is 13.9. The van der Waals surface area contributed by atoms with Gasteiger partial charge >= 0.3 is 5.97 Å². The Bertz CT molecular complexity index is 1100. The van der Waals surface area contributed by atoms with Crippen molar-refractivity contribution in [2.45, 2.75) is 13.0 Å². The molecule has 1 atom stereocenters. The summed E-state index contributed by atoms with van der Waals surface area (Å²) in [5, 5.41) is 10.4. The average Bonchev–Trinajstić information content (AvgIpc) is 3.29. The standard InChI is InChI=1S/C22H17BrN2O4/c1-13-19(12-18-10-11-20(29-18)14-2-6-16(23)7-3-14)21(26)25(24-13)17-8-4-15(5-9-17)22(27)28/h2-13,24H,1H3,(H,27,28). The molecule has 2 aromatic carbocycles. The van der Waals surface area contributed by atoms with Crippen LogP contribution in [0.25, 0.3) is 17.4 Å². The third-order valence-corrected chi connectivity index (χ3v) is 5.19. The molecular formula is C22H17BrN2O4. The van der Waals surface area contributed by atoms with Gasteiger partial charge in [-0.2, -0.15) is 0 Å². The minimum absolute atomic E-state index is 0.167. The predicted molar refractivity (Wildman–Crippen MR) is 113 cm³/mol. The summed E-state index contributed by atoms with van der Waals surface area (Å²) in [4.78, 5) is 23.9. The van der Waals surface area contributed by atoms with Gasteiger partial charge < -0.3 is 9.52 Å². The van der Waals surface area contributed by atoms with E-state index in [1.807, 2.05) is 43.3 Å². The summed E-state index contributed by atoms with van der Waals surface area (Å²) in [6.45, 7) is 1.88. The van der Waals surface area contributed by atoms with Crippen molar-refractivity contribution in [2.24, 2.45) is 0 Å². The van der Waals surface area contributed by atoms with Crippen LogP contribution in [-0.4, -0.2) is 23.0 Å². The maximum atomic E-state index is 12.9. The van der Waals surface area contributed by atoms with Crippen LogP contribution in [0, 0.1) is 0 Å². The van der Waals surface area contributed by atoms with E-state index in [9.17, 15) is 9.59 Å². The first kappa shape index (κ1) is 19.2. The molecule has 2 heterocycles. The number of nitrogens with zero attached hydrogens (tertiary/aromatic N) is 1. The first-order valence-electron chi connectivity index (χ1n) is 8.94. The van der Waals surface area contributed by atoms with Crippen molar-refractivity contribution in [3.63, 3.8) is 0 Å². The van der Waals surface area contributed by atoms with E-state index < -0.39 is 5.97 Å². The van der Waals surface area contributed by atoms with Crippen LogP contribution < -0.4 is 10.4 Å². The SMILES string of the molecule is CC1NN(c2ccc(C(=O)O)cc2)C(=O)C1=Cc1ccc(-c2ccc(Br)cc2)o1. The normalized spacial score (nSPS) is 17.9. The van der Waals surface area contributed by atoms with E-state index in [4.69, 9.17) is 9.52 Å². The zero-order chi connectivity index (χ0) is 20.5. The molecule has 0 spiro atoms. The number of benzene rings is 2. The highest BCUT2D eigenvalue weighted by Gasteiger charge is 2.33. The zero-order valence-corrected chi connectivity index (χ0v) is 17.0. The fraction of sp³-hybridized carbons (Fsp3) is 0.0909. The number of furan rings is 1. The molecule has 1 amide bonds. The Morgan fingerprint density at radius 2 is 1.79 bits per heavy atom. The van der Waals surface area contributed by atoms with E-state index in [1.54, 1.807) is 18.2 Å². The third-order valence-electron chi connectivity index (χ3n) is 4.67. The monoisotopic (exact) mass is 452 g/mol. The van der Waals surface area contributed by atoms with Crippen LogP contribution in [0.2, 0.25) is 0 Å². The second kappa shape index (κ2) is 7.69. The van der Waals surface area contributed by atoms with Crippen molar-refractivity contribution < 1.29 is 19.1 Å². The Kier molecular flexibility index (Phi) is 5.08. The smallest absolute Gasteiger partial charge is 0.335 e. The van der Waals surface area contributed by atoms with Crippen LogP contribution >= 0.6 is 15.9 Å². The lowest BCUT2D eigenvalue weighted by atomic mass is 10.1. The number of halogens is 1. The van der Waals surface area contributed by atoms with Gasteiger partial charge in [0.25, 0.3) is 5.91 Å². The van der Waals surface area contributed by atoms with Crippen LogP contribution in [-0.2, 0) is 4.79 Å². The largest absolute Gasteiger partial charge is 0.478 e.